The predicted molar refractivity (Wildman–Crippen MR) is 217 cm³/mol. The fourth-order valence-electron chi connectivity index (χ4n) is 8.53. The largest absolute Gasteiger partial charge is 0.458 e. The number of H-pyrrole nitrogens is 1. The zero-order valence-corrected chi connectivity index (χ0v) is 35.9. The van der Waals surface area contributed by atoms with Crippen molar-refractivity contribution in [2.24, 2.45) is 50.0 Å². The number of aromatic amines is 1. The van der Waals surface area contributed by atoms with Crippen molar-refractivity contribution in [3.8, 4) is 0 Å². The molecule has 1 aliphatic carbocycles. The number of nitrogens with zero attached hydrogens (tertiary/aromatic N) is 7. The number of carbonyl (C=O) groups is 1. The first-order valence-corrected chi connectivity index (χ1v) is 20.6. The highest BCUT2D eigenvalue weighted by molar-refractivity contribution is 6.50. The van der Waals surface area contributed by atoms with Crippen LogP contribution in [0.4, 0.5) is 5.82 Å². The van der Waals surface area contributed by atoms with Crippen LogP contribution < -0.4 is 0 Å². The molecule has 0 radical (unpaired) electrons. The number of ether oxygens (including phenoxy) is 1. The van der Waals surface area contributed by atoms with Gasteiger partial charge in [-0.3, -0.25) is 5.10 Å². The van der Waals surface area contributed by atoms with E-state index in [-0.39, 0.29) is 57.9 Å². The van der Waals surface area contributed by atoms with E-state index in [1.54, 1.807) is 0 Å². The molecule has 1 saturated carbocycles. The van der Waals surface area contributed by atoms with Gasteiger partial charge in [-0.05, 0) is 54.8 Å². The van der Waals surface area contributed by atoms with Crippen molar-refractivity contribution >= 4 is 28.9 Å². The van der Waals surface area contributed by atoms with Gasteiger partial charge >= 0.3 is 5.97 Å². The molecule has 10 nitrogen and oxygen atoms in total. The van der Waals surface area contributed by atoms with Crippen LogP contribution in [0, 0.1) is 39.9 Å². The van der Waals surface area contributed by atoms with E-state index < -0.39 is 0 Å². The molecule has 3 atom stereocenters. The number of carbonyl (C=O) groups excluding carboxylic acids is 1. The Kier molecular flexibility index (Phi) is 11.6. The highest BCUT2D eigenvalue weighted by Gasteiger charge is 2.48. The van der Waals surface area contributed by atoms with Crippen molar-refractivity contribution < 1.29 is 9.53 Å². The number of esters is 1. The Balaban J connectivity index is 1.73. The first kappa shape index (κ1) is 40.9. The Morgan fingerprint density at radius 2 is 1.58 bits per heavy atom. The van der Waals surface area contributed by atoms with Gasteiger partial charge in [0.15, 0.2) is 17.3 Å². The molecule has 5 rings (SSSR count). The lowest BCUT2D eigenvalue weighted by Crippen LogP contribution is -2.49. The molecule has 3 unspecified atom stereocenters. The number of hydrogen-bond donors (Lipinski definition) is 1. The van der Waals surface area contributed by atoms with Crippen molar-refractivity contribution in [2.75, 3.05) is 0 Å². The first-order valence-electron chi connectivity index (χ1n) is 20.6. The van der Waals surface area contributed by atoms with E-state index in [0.29, 0.717) is 40.9 Å². The molecule has 2 aliphatic rings. The molecule has 53 heavy (non-hydrogen) atoms. The fraction of sp³-hybridized carbons (Fsp3) is 0.767. The Morgan fingerprint density at radius 3 is 2.09 bits per heavy atom. The van der Waals surface area contributed by atoms with Gasteiger partial charge < -0.3 is 4.74 Å². The SMILES string of the molecule is CCCCC(CC)c1nnc2n1N=C(C(C)(C)C)C2=Nc1c(CC(C)C)c(C(=O)OC2C(C(C)(C)C)CC(C)CC2C(C)(C)C)c2nc(C(C)C)[nH]n12. The summed E-state index contributed by atoms with van der Waals surface area (Å²) < 4.78 is 10.7. The minimum Gasteiger partial charge on any atom is -0.458 e. The van der Waals surface area contributed by atoms with E-state index in [9.17, 15) is 0 Å². The number of aromatic nitrogens is 6. The van der Waals surface area contributed by atoms with Crippen LogP contribution in [0.2, 0.25) is 0 Å². The minimum absolute atomic E-state index is 0.0262. The second-order valence-electron chi connectivity index (χ2n) is 20.2. The van der Waals surface area contributed by atoms with Gasteiger partial charge in [0.2, 0.25) is 5.82 Å². The summed E-state index contributed by atoms with van der Waals surface area (Å²) in [6.07, 6.45) is 6.74. The molecular weight excluding hydrogens is 661 g/mol. The van der Waals surface area contributed by atoms with Crippen LogP contribution in [0.3, 0.4) is 0 Å². The number of aliphatic imine (C=N–C) groups is 1. The number of fused-ring (bicyclic) bond motifs is 2. The summed E-state index contributed by atoms with van der Waals surface area (Å²) in [6, 6.07) is 0. The van der Waals surface area contributed by atoms with Crippen molar-refractivity contribution in [3.63, 3.8) is 0 Å². The van der Waals surface area contributed by atoms with E-state index in [2.05, 4.69) is 116 Å². The molecule has 3 aromatic heterocycles. The van der Waals surface area contributed by atoms with Crippen LogP contribution in [0.25, 0.3) is 5.65 Å². The Bertz CT molecular complexity index is 1810. The number of nitrogens with one attached hydrogen (secondary N) is 1. The van der Waals surface area contributed by atoms with Gasteiger partial charge in [0.25, 0.3) is 0 Å². The summed E-state index contributed by atoms with van der Waals surface area (Å²) in [5.74, 6) is 4.31. The fourth-order valence-corrected chi connectivity index (χ4v) is 8.53. The molecule has 10 heteroatoms. The topological polar surface area (TPSA) is 115 Å². The maximum absolute atomic E-state index is 15.0. The lowest BCUT2D eigenvalue weighted by Gasteiger charge is -2.50. The Morgan fingerprint density at radius 1 is 0.962 bits per heavy atom. The van der Waals surface area contributed by atoms with Crippen LogP contribution in [0.1, 0.15) is 195 Å². The highest BCUT2D eigenvalue weighted by atomic mass is 16.5. The van der Waals surface area contributed by atoms with Crippen molar-refractivity contribution in [1.82, 2.24) is 29.5 Å². The summed E-state index contributed by atoms with van der Waals surface area (Å²) in [4.78, 5) is 25.6. The number of unbranched alkanes of at least 4 members (excludes halogenated alkanes) is 1. The molecule has 3 aromatic rings. The molecule has 1 N–H and O–H groups in total. The Hall–Kier alpha value is -3.30. The van der Waals surface area contributed by atoms with Crippen molar-refractivity contribution in [1.29, 1.82) is 0 Å². The zero-order chi connectivity index (χ0) is 39.4. The normalized spacial score (nSPS) is 22.7. The molecule has 1 fully saturated rings. The molecule has 0 saturated heterocycles. The van der Waals surface area contributed by atoms with Gasteiger partial charge in [-0.2, -0.15) is 9.78 Å². The van der Waals surface area contributed by atoms with Crippen LogP contribution in [-0.4, -0.2) is 53.0 Å². The third kappa shape index (κ3) is 8.22. The summed E-state index contributed by atoms with van der Waals surface area (Å²) >= 11 is 0. The molecule has 0 bridgehead atoms. The zero-order valence-electron chi connectivity index (χ0n) is 35.9. The van der Waals surface area contributed by atoms with Crippen LogP contribution in [0.5, 0.6) is 0 Å². The maximum atomic E-state index is 15.0. The number of rotatable bonds is 11. The van der Waals surface area contributed by atoms with Crippen LogP contribution in [-0.2, 0) is 11.2 Å². The lowest BCUT2D eigenvalue weighted by atomic mass is 9.59. The summed E-state index contributed by atoms with van der Waals surface area (Å²) in [7, 11) is 0. The van der Waals surface area contributed by atoms with E-state index >= 15 is 4.79 Å². The molecule has 1 aliphatic heterocycles. The molecule has 0 spiro atoms. The molecule has 0 aromatic carbocycles. The van der Waals surface area contributed by atoms with E-state index in [4.69, 9.17) is 30.0 Å². The molecular formula is C43H70N8O2. The average molecular weight is 731 g/mol. The van der Waals surface area contributed by atoms with E-state index in [0.717, 1.165) is 61.4 Å². The maximum Gasteiger partial charge on any atom is 0.342 e. The molecule has 294 valence electrons. The van der Waals surface area contributed by atoms with Gasteiger partial charge in [0.1, 0.15) is 23.2 Å². The van der Waals surface area contributed by atoms with Gasteiger partial charge in [-0.1, -0.05) is 124 Å². The quantitative estimate of drug-likeness (QED) is 0.197. The van der Waals surface area contributed by atoms with Gasteiger partial charge in [-0.25, -0.2) is 19.3 Å². The summed E-state index contributed by atoms with van der Waals surface area (Å²) in [5, 5.41) is 18.2. The van der Waals surface area contributed by atoms with Gasteiger partial charge in [0, 0.05) is 34.7 Å². The lowest BCUT2D eigenvalue weighted by molar-refractivity contribution is -0.0923. The first-order chi connectivity index (χ1) is 24.6. The standard InChI is InChI=1S/C43H70N8O2/c1-17-19-20-27(18-2)36-46-47-39-32(34(43(14,15)16)48-50(36)39)44-37-28(21-24(3)4)31(38-45-35(25(5)6)49-51(37)38)40(52)53-33-29(41(8,9)10)22-26(7)23-30(33)42(11,12)13/h24-27,29-30,33H,17-23H2,1-16H3,(H,45,49). The third-order valence-corrected chi connectivity index (χ3v) is 11.6. The second kappa shape index (κ2) is 15.1. The second-order valence-corrected chi connectivity index (χ2v) is 20.2. The smallest absolute Gasteiger partial charge is 0.342 e. The summed E-state index contributed by atoms with van der Waals surface area (Å²) in [6.45, 7) is 35.6. The van der Waals surface area contributed by atoms with E-state index in [1.807, 2.05) is 9.19 Å². The molecule has 4 heterocycles. The number of hydrogen-bond acceptors (Lipinski definition) is 7. The van der Waals surface area contributed by atoms with E-state index in [1.165, 1.54) is 0 Å². The molecule has 0 amide bonds. The van der Waals surface area contributed by atoms with Crippen LogP contribution in [0.15, 0.2) is 10.1 Å². The average Bonchev–Trinajstić information content (AvgIpc) is 3.78. The highest BCUT2D eigenvalue weighted by Crippen LogP contribution is 2.50. The van der Waals surface area contributed by atoms with Crippen molar-refractivity contribution in [3.05, 3.63) is 28.6 Å². The van der Waals surface area contributed by atoms with Crippen LogP contribution >= 0.6 is 0 Å². The van der Waals surface area contributed by atoms with Gasteiger partial charge in [0.05, 0.1) is 5.71 Å². The van der Waals surface area contributed by atoms with Gasteiger partial charge in [-0.15, -0.1) is 10.2 Å². The predicted octanol–water partition coefficient (Wildman–Crippen LogP) is 10.9. The van der Waals surface area contributed by atoms with Crippen molar-refractivity contribution in [2.45, 2.75) is 174 Å². The summed E-state index contributed by atoms with van der Waals surface area (Å²) in [5.41, 5.74) is 3.09. The monoisotopic (exact) mass is 731 g/mol. The third-order valence-electron chi connectivity index (χ3n) is 11.6. The Labute approximate surface area is 319 Å². The minimum atomic E-state index is -0.322.